The lowest BCUT2D eigenvalue weighted by Gasteiger charge is -2.08. The van der Waals surface area contributed by atoms with Gasteiger partial charge in [0.15, 0.2) is 0 Å². The van der Waals surface area contributed by atoms with E-state index in [2.05, 4.69) is 21.2 Å². The van der Waals surface area contributed by atoms with Crippen molar-refractivity contribution in [2.24, 2.45) is 0 Å². The molecule has 30 heavy (non-hydrogen) atoms. The van der Waals surface area contributed by atoms with E-state index < -0.39 is 11.8 Å². The first-order valence-electron chi connectivity index (χ1n) is 9.20. The van der Waals surface area contributed by atoms with Crippen LogP contribution in [0.2, 0.25) is 0 Å². The molecule has 2 aromatic heterocycles. The average Bonchev–Trinajstić information content (AvgIpc) is 3.36. The number of hydrogen-bond donors (Lipinski definition) is 2. The molecule has 0 radical (unpaired) electrons. The monoisotopic (exact) mass is 402 g/mol. The SMILES string of the molecule is Cc1onc(-c2ccccc2)c1C(=O)NNC(=O)c1c(-c2ccccc2)noc1C. The van der Waals surface area contributed by atoms with Crippen molar-refractivity contribution in [3.05, 3.63) is 83.3 Å². The van der Waals surface area contributed by atoms with Gasteiger partial charge in [0.1, 0.15) is 34.0 Å². The number of benzene rings is 2. The molecule has 0 fully saturated rings. The van der Waals surface area contributed by atoms with Crippen molar-refractivity contribution in [1.29, 1.82) is 0 Å². The third-order valence-electron chi connectivity index (χ3n) is 4.56. The minimum absolute atomic E-state index is 0.242. The molecule has 0 aliphatic heterocycles. The van der Waals surface area contributed by atoms with Gasteiger partial charge in [-0.2, -0.15) is 0 Å². The maximum absolute atomic E-state index is 12.8. The molecule has 2 heterocycles. The number of carbonyl (C=O) groups excluding carboxylic acids is 2. The van der Waals surface area contributed by atoms with E-state index in [-0.39, 0.29) is 11.1 Å². The Balaban J connectivity index is 1.55. The summed E-state index contributed by atoms with van der Waals surface area (Å²) < 4.78 is 10.4. The van der Waals surface area contributed by atoms with Gasteiger partial charge in [-0.3, -0.25) is 20.4 Å². The molecule has 4 rings (SSSR count). The summed E-state index contributed by atoms with van der Waals surface area (Å²) in [6.45, 7) is 3.27. The number of hydrazine groups is 1. The van der Waals surface area contributed by atoms with Crippen molar-refractivity contribution < 1.29 is 18.6 Å². The van der Waals surface area contributed by atoms with Crippen molar-refractivity contribution in [3.63, 3.8) is 0 Å². The minimum Gasteiger partial charge on any atom is -0.360 e. The Hall–Kier alpha value is -4.20. The number of carbonyl (C=O) groups is 2. The molecule has 0 aliphatic carbocycles. The molecule has 150 valence electrons. The van der Waals surface area contributed by atoms with Crippen molar-refractivity contribution in [1.82, 2.24) is 21.2 Å². The molecule has 0 spiro atoms. The fourth-order valence-corrected chi connectivity index (χ4v) is 3.10. The van der Waals surface area contributed by atoms with E-state index in [1.807, 2.05) is 60.7 Å². The van der Waals surface area contributed by atoms with Gasteiger partial charge in [0.2, 0.25) is 0 Å². The number of aryl methyl sites for hydroxylation is 2. The van der Waals surface area contributed by atoms with E-state index in [4.69, 9.17) is 9.05 Å². The molecule has 0 atom stereocenters. The van der Waals surface area contributed by atoms with Gasteiger partial charge >= 0.3 is 0 Å². The highest BCUT2D eigenvalue weighted by atomic mass is 16.5. The number of nitrogens with zero attached hydrogens (tertiary/aromatic N) is 2. The molecule has 2 amide bonds. The molecule has 0 bridgehead atoms. The van der Waals surface area contributed by atoms with Crippen LogP contribution in [0, 0.1) is 13.8 Å². The average molecular weight is 402 g/mol. The number of hydrogen-bond acceptors (Lipinski definition) is 6. The fraction of sp³-hybridized carbons (Fsp3) is 0.0909. The molecule has 4 aromatic rings. The zero-order valence-corrected chi connectivity index (χ0v) is 16.3. The molecule has 2 aromatic carbocycles. The molecule has 8 heteroatoms. The van der Waals surface area contributed by atoms with Crippen LogP contribution in [0.5, 0.6) is 0 Å². The molecular weight excluding hydrogens is 384 g/mol. The third-order valence-corrected chi connectivity index (χ3v) is 4.56. The summed E-state index contributed by atoms with van der Waals surface area (Å²) >= 11 is 0. The van der Waals surface area contributed by atoms with Crippen molar-refractivity contribution in [2.45, 2.75) is 13.8 Å². The third kappa shape index (κ3) is 3.58. The van der Waals surface area contributed by atoms with Gasteiger partial charge in [0.25, 0.3) is 11.8 Å². The second-order valence-electron chi connectivity index (χ2n) is 6.57. The van der Waals surface area contributed by atoms with E-state index >= 15 is 0 Å². The first kappa shape index (κ1) is 19.1. The Morgan fingerprint density at radius 3 is 1.40 bits per heavy atom. The molecule has 0 aliphatic rings. The van der Waals surface area contributed by atoms with Crippen LogP contribution in [-0.4, -0.2) is 22.1 Å². The van der Waals surface area contributed by atoms with Crippen LogP contribution < -0.4 is 10.9 Å². The standard InChI is InChI=1S/C22H18N4O4/c1-13-17(19(25-29-13)15-9-5-3-6-10-15)21(27)23-24-22(28)18-14(2)30-26-20(18)16-11-7-4-8-12-16/h3-12H,1-2H3,(H,23,27)(H,24,28). The number of rotatable bonds is 4. The lowest BCUT2D eigenvalue weighted by atomic mass is 10.1. The van der Waals surface area contributed by atoms with Crippen molar-refractivity contribution in [2.75, 3.05) is 0 Å². The zero-order valence-electron chi connectivity index (χ0n) is 16.3. The van der Waals surface area contributed by atoms with Crippen LogP contribution in [0.1, 0.15) is 32.2 Å². The number of amides is 2. The molecule has 0 saturated heterocycles. The Bertz CT molecular complexity index is 1100. The Labute approximate surface area is 171 Å². The summed E-state index contributed by atoms with van der Waals surface area (Å²) in [4.78, 5) is 25.5. The summed E-state index contributed by atoms with van der Waals surface area (Å²) in [5.41, 5.74) is 7.58. The van der Waals surface area contributed by atoms with Gasteiger partial charge in [-0.1, -0.05) is 71.0 Å². The molecular formula is C22H18N4O4. The predicted octanol–water partition coefficient (Wildman–Crippen LogP) is 3.69. The molecule has 8 nitrogen and oxygen atoms in total. The quantitative estimate of drug-likeness (QED) is 0.504. The van der Waals surface area contributed by atoms with Gasteiger partial charge in [0.05, 0.1) is 0 Å². The number of aromatic nitrogens is 2. The maximum Gasteiger partial charge on any atom is 0.275 e. The molecule has 0 saturated carbocycles. The van der Waals surface area contributed by atoms with Gasteiger partial charge in [-0.05, 0) is 13.8 Å². The first-order valence-corrected chi connectivity index (χ1v) is 9.20. The minimum atomic E-state index is -0.545. The van der Waals surface area contributed by atoms with Gasteiger partial charge in [-0.15, -0.1) is 0 Å². The van der Waals surface area contributed by atoms with E-state index in [9.17, 15) is 9.59 Å². The Kier molecular flexibility index (Phi) is 5.13. The maximum atomic E-state index is 12.8. The van der Waals surface area contributed by atoms with Crippen LogP contribution in [0.25, 0.3) is 22.5 Å². The molecule has 0 unspecified atom stereocenters. The zero-order chi connectivity index (χ0) is 21.1. The van der Waals surface area contributed by atoms with Gasteiger partial charge in [0, 0.05) is 11.1 Å². The highest BCUT2D eigenvalue weighted by Gasteiger charge is 2.25. The smallest absolute Gasteiger partial charge is 0.275 e. The topological polar surface area (TPSA) is 110 Å². The van der Waals surface area contributed by atoms with Crippen LogP contribution >= 0.6 is 0 Å². The van der Waals surface area contributed by atoms with Gasteiger partial charge in [-0.25, -0.2) is 0 Å². The lowest BCUT2D eigenvalue weighted by Crippen LogP contribution is -2.42. The highest BCUT2D eigenvalue weighted by Crippen LogP contribution is 2.26. The fourth-order valence-electron chi connectivity index (χ4n) is 3.10. The second kappa shape index (κ2) is 8.04. The molecule has 2 N–H and O–H groups in total. The largest absolute Gasteiger partial charge is 0.360 e. The summed E-state index contributed by atoms with van der Waals surface area (Å²) in [6, 6.07) is 18.3. The predicted molar refractivity (Wildman–Crippen MR) is 108 cm³/mol. The van der Waals surface area contributed by atoms with E-state index in [1.54, 1.807) is 13.8 Å². The summed E-state index contributed by atoms with van der Waals surface area (Å²) in [5.74, 6) is -0.411. The van der Waals surface area contributed by atoms with Crippen LogP contribution in [-0.2, 0) is 0 Å². The second-order valence-corrected chi connectivity index (χ2v) is 6.57. The first-order chi connectivity index (χ1) is 14.6. The van der Waals surface area contributed by atoms with E-state index in [1.165, 1.54) is 0 Å². The summed E-state index contributed by atoms with van der Waals surface area (Å²) in [6.07, 6.45) is 0. The summed E-state index contributed by atoms with van der Waals surface area (Å²) in [7, 11) is 0. The van der Waals surface area contributed by atoms with E-state index in [0.29, 0.717) is 22.9 Å². The Morgan fingerprint density at radius 1 is 0.667 bits per heavy atom. The lowest BCUT2D eigenvalue weighted by molar-refractivity contribution is 0.0845. The van der Waals surface area contributed by atoms with Crippen LogP contribution in [0.3, 0.4) is 0 Å². The van der Waals surface area contributed by atoms with Crippen LogP contribution in [0.15, 0.2) is 69.7 Å². The van der Waals surface area contributed by atoms with Crippen molar-refractivity contribution >= 4 is 11.8 Å². The van der Waals surface area contributed by atoms with E-state index in [0.717, 1.165) is 11.1 Å². The normalized spacial score (nSPS) is 10.6. The van der Waals surface area contributed by atoms with Gasteiger partial charge < -0.3 is 9.05 Å². The number of nitrogens with one attached hydrogen (secondary N) is 2. The Morgan fingerprint density at radius 2 is 1.03 bits per heavy atom. The van der Waals surface area contributed by atoms with Crippen LogP contribution in [0.4, 0.5) is 0 Å². The summed E-state index contributed by atoms with van der Waals surface area (Å²) in [5, 5.41) is 7.96. The highest BCUT2D eigenvalue weighted by molar-refractivity contribution is 6.05. The van der Waals surface area contributed by atoms with Crippen molar-refractivity contribution in [3.8, 4) is 22.5 Å².